The highest BCUT2D eigenvalue weighted by atomic mass is 32.2. The van der Waals surface area contributed by atoms with Crippen LogP contribution in [-0.4, -0.2) is 54.5 Å². The molecule has 0 bridgehead atoms. The summed E-state index contributed by atoms with van der Waals surface area (Å²) in [5.41, 5.74) is 2.09. The number of rotatable bonds is 10. The Labute approximate surface area is 201 Å². The Bertz CT molecular complexity index is 1180. The third kappa shape index (κ3) is 5.30. The van der Waals surface area contributed by atoms with Gasteiger partial charge in [0.2, 0.25) is 11.8 Å². The summed E-state index contributed by atoms with van der Waals surface area (Å²) >= 11 is 0. The van der Waals surface area contributed by atoms with Gasteiger partial charge in [-0.1, -0.05) is 43.3 Å². The maximum absolute atomic E-state index is 13.2. The lowest BCUT2D eigenvalue weighted by Crippen LogP contribution is -2.48. The normalized spacial score (nSPS) is 15.0. The summed E-state index contributed by atoms with van der Waals surface area (Å²) in [6.45, 7) is 6.26. The molecule has 34 heavy (non-hydrogen) atoms. The number of aryl methyl sites for hydroxylation is 1. The topological polar surface area (TPSA) is 104 Å². The first-order valence-electron chi connectivity index (χ1n) is 11.5. The van der Waals surface area contributed by atoms with E-state index in [-0.39, 0.29) is 48.2 Å². The number of hydrogen-bond acceptors (Lipinski definition) is 5. The van der Waals surface area contributed by atoms with Gasteiger partial charge < -0.3 is 10.2 Å². The fraction of sp³-hybridized carbons (Fsp3) is 0.400. The van der Waals surface area contributed by atoms with E-state index >= 15 is 0 Å². The van der Waals surface area contributed by atoms with E-state index in [4.69, 9.17) is 0 Å². The molecule has 0 saturated carbocycles. The molecule has 0 spiro atoms. The average Bonchev–Trinajstić information content (AvgIpc) is 3.02. The van der Waals surface area contributed by atoms with Gasteiger partial charge in [-0.05, 0) is 49.9 Å². The Hall–Kier alpha value is -3.20. The molecule has 8 nitrogen and oxygen atoms in total. The van der Waals surface area contributed by atoms with E-state index in [1.165, 1.54) is 17.0 Å². The number of nitrogens with zero attached hydrogens (tertiary/aromatic N) is 2. The van der Waals surface area contributed by atoms with Crippen LogP contribution in [0.15, 0.2) is 53.4 Å². The van der Waals surface area contributed by atoms with Crippen molar-refractivity contribution >= 4 is 27.7 Å². The van der Waals surface area contributed by atoms with Gasteiger partial charge >= 0.3 is 0 Å². The predicted octanol–water partition coefficient (Wildman–Crippen LogP) is 2.86. The van der Waals surface area contributed by atoms with Crippen LogP contribution in [0, 0.1) is 6.92 Å². The van der Waals surface area contributed by atoms with Crippen LogP contribution < -0.4 is 5.32 Å². The standard InChI is InChI=1S/C25H31N3O5S/c1-4-15-26-24(30)19(3)27(17-20-11-6-5-10-18(20)2)23(29)14-9-16-28-25(31)21-12-7-8-13-22(21)34(28,32)33/h5-8,10-13,19H,4,9,14-17H2,1-3H3,(H,26,30)/t19-/m0/s1. The van der Waals surface area contributed by atoms with E-state index in [1.807, 2.05) is 38.1 Å². The van der Waals surface area contributed by atoms with Crippen LogP contribution in [0.5, 0.6) is 0 Å². The highest BCUT2D eigenvalue weighted by Crippen LogP contribution is 2.30. The highest BCUT2D eigenvalue weighted by molar-refractivity contribution is 7.90. The Morgan fingerprint density at radius 2 is 1.76 bits per heavy atom. The summed E-state index contributed by atoms with van der Waals surface area (Å²) in [7, 11) is -3.91. The van der Waals surface area contributed by atoms with Crippen molar-refractivity contribution in [1.82, 2.24) is 14.5 Å². The van der Waals surface area contributed by atoms with Crippen LogP contribution >= 0.6 is 0 Å². The molecular formula is C25H31N3O5S. The summed E-state index contributed by atoms with van der Waals surface area (Å²) < 4.78 is 26.3. The summed E-state index contributed by atoms with van der Waals surface area (Å²) in [6.07, 6.45) is 0.948. The quantitative estimate of drug-likeness (QED) is 0.557. The van der Waals surface area contributed by atoms with E-state index < -0.39 is 22.0 Å². The number of amides is 3. The molecule has 9 heteroatoms. The fourth-order valence-corrected chi connectivity index (χ4v) is 5.53. The average molecular weight is 486 g/mol. The largest absolute Gasteiger partial charge is 0.354 e. The lowest BCUT2D eigenvalue weighted by Gasteiger charge is -2.29. The van der Waals surface area contributed by atoms with Gasteiger partial charge in [0, 0.05) is 26.1 Å². The molecule has 1 aliphatic rings. The Morgan fingerprint density at radius 3 is 2.44 bits per heavy atom. The zero-order chi connectivity index (χ0) is 24.9. The molecule has 2 aromatic rings. The van der Waals surface area contributed by atoms with Gasteiger partial charge in [-0.25, -0.2) is 12.7 Å². The fourth-order valence-electron chi connectivity index (χ4n) is 3.92. The third-order valence-corrected chi connectivity index (χ3v) is 7.82. The van der Waals surface area contributed by atoms with Crippen molar-refractivity contribution in [2.75, 3.05) is 13.1 Å². The molecule has 1 heterocycles. The van der Waals surface area contributed by atoms with Crippen molar-refractivity contribution in [2.45, 2.75) is 57.5 Å². The summed E-state index contributed by atoms with van der Waals surface area (Å²) in [5.74, 6) is -1.09. The minimum absolute atomic E-state index is 0.00581. The number of benzene rings is 2. The first-order chi connectivity index (χ1) is 16.2. The summed E-state index contributed by atoms with van der Waals surface area (Å²) in [5, 5.41) is 2.83. The van der Waals surface area contributed by atoms with Gasteiger partial charge in [0.25, 0.3) is 15.9 Å². The number of fused-ring (bicyclic) bond motifs is 1. The summed E-state index contributed by atoms with van der Waals surface area (Å²) in [6, 6.07) is 13.1. The Balaban J connectivity index is 1.71. The SMILES string of the molecule is CCCNC(=O)[C@H](C)N(Cc1ccccc1C)C(=O)CCCN1C(=O)c2ccccc2S1(=O)=O. The number of sulfonamides is 1. The van der Waals surface area contributed by atoms with Gasteiger partial charge in [-0.15, -0.1) is 0 Å². The molecule has 0 aromatic heterocycles. The molecule has 1 N–H and O–H groups in total. The molecule has 0 aliphatic carbocycles. The second kappa shape index (κ2) is 10.8. The first kappa shape index (κ1) is 25.4. The second-order valence-electron chi connectivity index (χ2n) is 8.40. The lowest BCUT2D eigenvalue weighted by atomic mass is 10.1. The number of carbonyl (C=O) groups is 3. The maximum Gasteiger partial charge on any atom is 0.269 e. The predicted molar refractivity (Wildman–Crippen MR) is 128 cm³/mol. The van der Waals surface area contributed by atoms with Gasteiger partial charge in [0.1, 0.15) is 10.9 Å². The van der Waals surface area contributed by atoms with Crippen LogP contribution in [-0.2, 0) is 26.2 Å². The van der Waals surface area contributed by atoms with Gasteiger partial charge in [0.05, 0.1) is 5.56 Å². The molecule has 0 fully saturated rings. The molecule has 3 rings (SSSR count). The number of nitrogens with one attached hydrogen (secondary N) is 1. The van der Waals surface area contributed by atoms with Crippen LogP contribution in [0.1, 0.15) is 54.6 Å². The van der Waals surface area contributed by atoms with E-state index in [2.05, 4.69) is 5.32 Å². The molecule has 0 radical (unpaired) electrons. The smallest absolute Gasteiger partial charge is 0.269 e. The summed E-state index contributed by atoms with van der Waals surface area (Å²) in [4.78, 5) is 39.9. The van der Waals surface area contributed by atoms with Crippen LogP contribution in [0.25, 0.3) is 0 Å². The minimum atomic E-state index is -3.91. The maximum atomic E-state index is 13.2. The Morgan fingerprint density at radius 1 is 1.09 bits per heavy atom. The second-order valence-corrected chi connectivity index (χ2v) is 10.2. The number of carbonyl (C=O) groups excluding carboxylic acids is 3. The van der Waals surface area contributed by atoms with Gasteiger partial charge in [0.15, 0.2) is 0 Å². The zero-order valence-electron chi connectivity index (χ0n) is 19.8. The molecular weight excluding hydrogens is 454 g/mol. The Kier molecular flexibility index (Phi) is 8.09. The minimum Gasteiger partial charge on any atom is -0.354 e. The zero-order valence-corrected chi connectivity index (χ0v) is 20.6. The van der Waals surface area contributed by atoms with E-state index in [0.29, 0.717) is 6.54 Å². The van der Waals surface area contributed by atoms with Crippen molar-refractivity contribution in [3.05, 3.63) is 65.2 Å². The molecule has 3 amide bonds. The van der Waals surface area contributed by atoms with Crippen LogP contribution in [0.3, 0.4) is 0 Å². The molecule has 1 atom stereocenters. The van der Waals surface area contributed by atoms with E-state index in [1.54, 1.807) is 19.1 Å². The van der Waals surface area contributed by atoms with E-state index in [0.717, 1.165) is 21.9 Å². The molecule has 1 aliphatic heterocycles. The van der Waals surface area contributed by atoms with Gasteiger partial charge in [-0.3, -0.25) is 14.4 Å². The van der Waals surface area contributed by atoms with Crippen molar-refractivity contribution < 1.29 is 22.8 Å². The van der Waals surface area contributed by atoms with Crippen molar-refractivity contribution in [3.63, 3.8) is 0 Å². The lowest BCUT2D eigenvalue weighted by molar-refractivity contribution is -0.140. The molecule has 2 aromatic carbocycles. The monoisotopic (exact) mass is 485 g/mol. The van der Waals surface area contributed by atoms with E-state index in [9.17, 15) is 22.8 Å². The molecule has 182 valence electrons. The number of hydrogen-bond donors (Lipinski definition) is 1. The third-order valence-electron chi connectivity index (χ3n) is 5.98. The van der Waals surface area contributed by atoms with Crippen LogP contribution in [0.2, 0.25) is 0 Å². The van der Waals surface area contributed by atoms with Crippen molar-refractivity contribution in [1.29, 1.82) is 0 Å². The first-order valence-corrected chi connectivity index (χ1v) is 12.9. The highest BCUT2D eigenvalue weighted by Gasteiger charge is 2.40. The van der Waals surface area contributed by atoms with Crippen molar-refractivity contribution in [2.24, 2.45) is 0 Å². The molecule has 0 unspecified atom stereocenters. The van der Waals surface area contributed by atoms with Crippen molar-refractivity contribution in [3.8, 4) is 0 Å². The molecule has 0 saturated heterocycles. The van der Waals surface area contributed by atoms with Gasteiger partial charge in [-0.2, -0.15) is 0 Å². The van der Waals surface area contributed by atoms with Crippen LogP contribution in [0.4, 0.5) is 0 Å².